The molecule has 1 unspecified atom stereocenters. The molecule has 0 aliphatic carbocycles. The van der Waals surface area contributed by atoms with Crippen LogP contribution in [0, 0.1) is 0 Å². The molecule has 0 saturated carbocycles. The molecule has 8 nitrogen and oxygen atoms in total. The van der Waals surface area contributed by atoms with Crippen molar-refractivity contribution >= 4 is 37.8 Å². The summed E-state index contributed by atoms with van der Waals surface area (Å²) in [7, 11) is -2.53. The summed E-state index contributed by atoms with van der Waals surface area (Å²) in [6.07, 6.45) is 0. The normalized spacial score (nSPS) is 12.1. The number of nitrogens with one attached hydrogen (secondary N) is 3. The van der Waals surface area contributed by atoms with Gasteiger partial charge in [-0.25, -0.2) is 9.25 Å². The molecule has 0 heterocycles. The Bertz CT molecular complexity index is 167. The quantitative estimate of drug-likeness (QED) is 0.118. The molecule has 1 atom stereocenters. The summed E-state index contributed by atoms with van der Waals surface area (Å²) >= 11 is 0. The van der Waals surface area contributed by atoms with Gasteiger partial charge in [0.25, 0.3) is 0 Å². The van der Waals surface area contributed by atoms with E-state index in [0.717, 1.165) is 6.54 Å². The summed E-state index contributed by atoms with van der Waals surface area (Å²) in [6, 6.07) is 0. The topological polar surface area (TPSA) is 124 Å². The molecule has 7 N–H and O–H groups in total. The Hall–Kier alpha value is 0.950. The van der Waals surface area contributed by atoms with E-state index in [0.29, 0.717) is 32.7 Å². The molecule has 16 heavy (non-hydrogen) atoms. The molecule has 0 rings (SSSR count). The van der Waals surface area contributed by atoms with Crippen LogP contribution in [0.25, 0.3) is 0 Å². The molecule has 0 bridgehead atoms. The van der Waals surface area contributed by atoms with Gasteiger partial charge in [-0.1, -0.05) is 0 Å². The van der Waals surface area contributed by atoms with Crippen LogP contribution < -0.4 is 27.7 Å². The van der Waals surface area contributed by atoms with E-state index in [1.807, 2.05) is 0 Å². The van der Waals surface area contributed by atoms with Gasteiger partial charge in [0.1, 0.15) is 0 Å². The first-order chi connectivity index (χ1) is 7.31. The first-order valence-corrected chi connectivity index (χ1v) is 5.98. The Morgan fingerprint density at radius 3 is 2.06 bits per heavy atom. The van der Waals surface area contributed by atoms with E-state index in [-0.39, 0.29) is 29.6 Å². The zero-order chi connectivity index (χ0) is 11.4. The van der Waals surface area contributed by atoms with Crippen LogP contribution in [-0.4, -0.2) is 68.8 Å². The van der Waals surface area contributed by atoms with Crippen LogP contribution in [0.2, 0.25) is 0 Å². The summed E-state index contributed by atoms with van der Waals surface area (Å²) in [5.41, 5.74) is 15.3. The number of rotatable bonds is 11. The number of hydrogen-bond donors (Lipinski definition) is 5. The molecular formula is C6H21N5NaO3P. The molecule has 94 valence electrons. The first-order valence-electron chi connectivity index (χ1n) is 4.75. The molecule has 0 saturated heterocycles. The Labute approximate surface area is 118 Å². The Morgan fingerprint density at radius 1 is 0.938 bits per heavy atom. The van der Waals surface area contributed by atoms with E-state index in [4.69, 9.17) is 11.5 Å². The van der Waals surface area contributed by atoms with Crippen LogP contribution in [0.1, 0.15) is 0 Å². The van der Waals surface area contributed by atoms with Crippen molar-refractivity contribution in [1.82, 2.24) is 16.3 Å². The van der Waals surface area contributed by atoms with Crippen molar-refractivity contribution < 1.29 is 13.8 Å². The number of hydroxylamine groups is 2. The second-order valence-electron chi connectivity index (χ2n) is 2.57. The van der Waals surface area contributed by atoms with Crippen molar-refractivity contribution in [3.8, 4) is 0 Å². The van der Waals surface area contributed by atoms with Crippen molar-refractivity contribution in [2.45, 2.75) is 0 Å². The fraction of sp³-hybridized carbons (Fsp3) is 1.00. The fourth-order valence-corrected chi connectivity index (χ4v) is 1.15. The van der Waals surface area contributed by atoms with Gasteiger partial charge in [-0.15, -0.1) is 0 Å². The monoisotopic (exact) mass is 265 g/mol. The van der Waals surface area contributed by atoms with Crippen LogP contribution in [0.3, 0.4) is 0 Å². The van der Waals surface area contributed by atoms with Gasteiger partial charge in [0.05, 0.1) is 0 Å². The van der Waals surface area contributed by atoms with Crippen molar-refractivity contribution in [1.29, 1.82) is 0 Å². The van der Waals surface area contributed by atoms with Crippen molar-refractivity contribution in [3.05, 3.63) is 0 Å². The van der Waals surface area contributed by atoms with Gasteiger partial charge in [0.2, 0.25) is 0 Å². The predicted octanol–water partition coefficient (Wildman–Crippen LogP) is -2.72. The fourth-order valence-electron chi connectivity index (χ4n) is 0.666. The Morgan fingerprint density at radius 2 is 1.50 bits per heavy atom. The maximum absolute atomic E-state index is 10.9. The molecule has 0 fully saturated rings. The van der Waals surface area contributed by atoms with Crippen molar-refractivity contribution in [3.63, 3.8) is 0 Å². The molecule has 0 aromatic heterocycles. The van der Waals surface area contributed by atoms with Crippen LogP contribution >= 0.6 is 8.25 Å². The van der Waals surface area contributed by atoms with Gasteiger partial charge < -0.3 is 16.8 Å². The van der Waals surface area contributed by atoms with E-state index >= 15 is 0 Å². The second kappa shape index (κ2) is 16.0. The third-order valence-electron chi connectivity index (χ3n) is 1.28. The predicted molar refractivity (Wildman–Crippen MR) is 65.3 cm³/mol. The zero-order valence-electron chi connectivity index (χ0n) is 8.62. The van der Waals surface area contributed by atoms with Crippen molar-refractivity contribution in [2.24, 2.45) is 11.5 Å². The number of hydrogen-bond acceptors (Lipinski definition) is 8. The molecule has 0 aliphatic rings. The first kappa shape index (κ1) is 19.3. The summed E-state index contributed by atoms with van der Waals surface area (Å²) in [5.74, 6) is 0. The third kappa shape index (κ3) is 14.9. The Kier molecular flexibility index (Phi) is 19.2. The maximum atomic E-state index is 10.9. The van der Waals surface area contributed by atoms with Gasteiger partial charge in [-0.05, 0) is 0 Å². The van der Waals surface area contributed by atoms with Crippen LogP contribution in [0.4, 0.5) is 0 Å². The van der Waals surface area contributed by atoms with Crippen molar-refractivity contribution in [2.75, 3.05) is 39.3 Å². The molecule has 0 radical (unpaired) electrons. The molecular weight excluding hydrogens is 244 g/mol. The average Bonchev–Trinajstić information content (AvgIpc) is 2.23. The molecule has 0 aromatic rings. The minimum atomic E-state index is -2.53. The van der Waals surface area contributed by atoms with E-state index in [9.17, 15) is 4.57 Å². The third-order valence-corrected chi connectivity index (χ3v) is 1.90. The van der Waals surface area contributed by atoms with E-state index in [1.165, 1.54) is 0 Å². The summed E-state index contributed by atoms with van der Waals surface area (Å²) in [6.45, 7) is 3.37. The number of nitrogens with two attached hydrogens (primary N) is 2. The second-order valence-corrected chi connectivity index (χ2v) is 3.48. The van der Waals surface area contributed by atoms with Gasteiger partial charge in [0.15, 0.2) is 0 Å². The standard InChI is InChI=1S/C6H20N5O3P.Na.H/c7-1-3-9-5-6-11-14-15(12)13-10-4-2-8;;/h9-11,15H,1-8H2;;. The van der Waals surface area contributed by atoms with Gasteiger partial charge in [-0.2, -0.15) is 11.0 Å². The summed E-state index contributed by atoms with van der Waals surface area (Å²) in [4.78, 5) is 0. The van der Waals surface area contributed by atoms with Crippen LogP contribution in [0.5, 0.6) is 0 Å². The minimum absolute atomic E-state index is 0. The summed E-state index contributed by atoms with van der Waals surface area (Å²) in [5, 5.41) is 3.03. The van der Waals surface area contributed by atoms with E-state index in [2.05, 4.69) is 25.5 Å². The molecule has 0 aliphatic heterocycles. The van der Waals surface area contributed by atoms with Crippen LogP contribution in [0.15, 0.2) is 0 Å². The average molecular weight is 265 g/mol. The van der Waals surface area contributed by atoms with Gasteiger partial charge >= 0.3 is 37.8 Å². The van der Waals surface area contributed by atoms with Crippen LogP contribution in [-0.2, 0) is 13.8 Å². The summed E-state index contributed by atoms with van der Waals surface area (Å²) < 4.78 is 20.2. The van der Waals surface area contributed by atoms with E-state index < -0.39 is 8.25 Å². The molecule has 0 amide bonds. The molecule has 10 heteroatoms. The van der Waals surface area contributed by atoms with Gasteiger partial charge in [-0.3, -0.25) is 4.57 Å². The Balaban J connectivity index is 0. The molecule has 0 aromatic carbocycles. The SMILES string of the molecule is NCCNCCNO[PH](=O)ONCCN.[NaH]. The molecule has 0 spiro atoms. The van der Waals surface area contributed by atoms with E-state index in [1.54, 1.807) is 0 Å². The van der Waals surface area contributed by atoms with Gasteiger partial charge in [0, 0.05) is 39.3 Å². The zero-order valence-corrected chi connectivity index (χ0v) is 9.62.